The summed E-state index contributed by atoms with van der Waals surface area (Å²) in [4.78, 5) is 23.2. The molecule has 0 radical (unpaired) electrons. The van der Waals surface area contributed by atoms with Gasteiger partial charge in [0.15, 0.2) is 0 Å². The SMILES string of the molecule is CCOCCCC(=O)NC1C2CCC(C2)C1C(=O)O. The maximum Gasteiger partial charge on any atom is 0.308 e. The van der Waals surface area contributed by atoms with Gasteiger partial charge in [0, 0.05) is 25.7 Å². The van der Waals surface area contributed by atoms with Crippen LogP contribution >= 0.6 is 0 Å². The molecule has 0 spiro atoms. The molecule has 2 fully saturated rings. The molecule has 0 aromatic rings. The number of fused-ring (bicyclic) bond motifs is 2. The second-order valence-electron chi connectivity index (χ2n) is 5.59. The van der Waals surface area contributed by atoms with Crippen molar-refractivity contribution in [1.82, 2.24) is 5.32 Å². The van der Waals surface area contributed by atoms with Gasteiger partial charge in [-0.1, -0.05) is 0 Å². The minimum Gasteiger partial charge on any atom is -0.481 e. The summed E-state index contributed by atoms with van der Waals surface area (Å²) in [5.74, 6) is -0.553. The second-order valence-corrected chi connectivity index (χ2v) is 5.59. The van der Waals surface area contributed by atoms with Crippen molar-refractivity contribution in [2.45, 2.75) is 45.1 Å². The highest BCUT2D eigenvalue weighted by Crippen LogP contribution is 2.48. The number of rotatable bonds is 7. The first-order valence-corrected chi connectivity index (χ1v) is 7.23. The molecule has 2 aliphatic carbocycles. The minimum absolute atomic E-state index is 0.0384. The molecule has 0 aromatic carbocycles. The third kappa shape index (κ3) is 3.26. The fourth-order valence-electron chi connectivity index (χ4n) is 3.59. The minimum atomic E-state index is -0.758. The summed E-state index contributed by atoms with van der Waals surface area (Å²) >= 11 is 0. The van der Waals surface area contributed by atoms with E-state index in [0.29, 0.717) is 32.0 Å². The van der Waals surface area contributed by atoms with Gasteiger partial charge < -0.3 is 15.2 Å². The van der Waals surface area contributed by atoms with E-state index in [9.17, 15) is 14.7 Å². The van der Waals surface area contributed by atoms with Crippen LogP contribution in [0.15, 0.2) is 0 Å². The highest BCUT2D eigenvalue weighted by molar-refractivity contribution is 5.78. The van der Waals surface area contributed by atoms with Crippen LogP contribution in [0.3, 0.4) is 0 Å². The standard InChI is InChI=1S/C14H23NO4/c1-2-19-7-3-4-11(16)15-13-10-6-5-9(8-10)12(13)14(17)18/h9-10,12-13H,2-8H2,1H3,(H,15,16)(H,17,18). The van der Waals surface area contributed by atoms with Crippen molar-refractivity contribution in [2.24, 2.45) is 17.8 Å². The van der Waals surface area contributed by atoms with E-state index in [1.165, 1.54) is 0 Å². The highest BCUT2D eigenvalue weighted by Gasteiger charge is 2.51. The van der Waals surface area contributed by atoms with E-state index in [4.69, 9.17) is 4.74 Å². The largest absolute Gasteiger partial charge is 0.481 e. The Bertz CT molecular complexity index is 344. The Labute approximate surface area is 113 Å². The van der Waals surface area contributed by atoms with Gasteiger partial charge in [-0.25, -0.2) is 0 Å². The fraction of sp³-hybridized carbons (Fsp3) is 0.857. The van der Waals surface area contributed by atoms with Crippen molar-refractivity contribution < 1.29 is 19.4 Å². The lowest BCUT2D eigenvalue weighted by molar-refractivity contribution is -0.144. The topological polar surface area (TPSA) is 75.6 Å². The van der Waals surface area contributed by atoms with E-state index >= 15 is 0 Å². The maximum atomic E-state index is 11.8. The molecule has 0 saturated heterocycles. The van der Waals surface area contributed by atoms with Gasteiger partial charge >= 0.3 is 5.97 Å². The number of carboxylic acid groups (broad SMARTS) is 1. The number of carbonyl (C=O) groups excluding carboxylic acids is 1. The number of amides is 1. The van der Waals surface area contributed by atoms with E-state index in [-0.39, 0.29) is 23.8 Å². The Kier molecular flexibility index (Phi) is 4.80. The van der Waals surface area contributed by atoms with Gasteiger partial charge in [-0.3, -0.25) is 9.59 Å². The summed E-state index contributed by atoms with van der Waals surface area (Å²) in [6.07, 6.45) is 4.12. The summed E-state index contributed by atoms with van der Waals surface area (Å²) in [6, 6.07) is -0.157. The molecule has 0 aliphatic heterocycles. The van der Waals surface area contributed by atoms with Crippen molar-refractivity contribution in [1.29, 1.82) is 0 Å². The van der Waals surface area contributed by atoms with Crippen LogP contribution in [-0.4, -0.2) is 36.2 Å². The zero-order chi connectivity index (χ0) is 13.8. The molecule has 2 aliphatic rings. The quantitative estimate of drug-likeness (QED) is 0.685. The number of aliphatic carboxylic acids is 1. The Morgan fingerprint density at radius 1 is 1.32 bits per heavy atom. The van der Waals surface area contributed by atoms with Gasteiger partial charge in [0.25, 0.3) is 0 Å². The van der Waals surface area contributed by atoms with Crippen molar-refractivity contribution in [3.05, 3.63) is 0 Å². The first-order valence-electron chi connectivity index (χ1n) is 7.23. The number of nitrogens with one attached hydrogen (secondary N) is 1. The van der Waals surface area contributed by atoms with Crippen molar-refractivity contribution >= 4 is 11.9 Å². The first kappa shape index (κ1) is 14.3. The maximum absolute atomic E-state index is 11.8. The van der Waals surface area contributed by atoms with E-state index < -0.39 is 5.97 Å². The highest BCUT2D eigenvalue weighted by atomic mass is 16.5. The number of hydrogen-bond donors (Lipinski definition) is 2. The molecule has 1 amide bonds. The van der Waals surface area contributed by atoms with Crippen LogP contribution in [0, 0.1) is 17.8 Å². The average molecular weight is 269 g/mol. The van der Waals surface area contributed by atoms with Crippen molar-refractivity contribution in [3.63, 3.8) is 0 Å². The van der Waals surface area contributed by atoms with Crippen LogP contribution in [0.25, 0.3) is 0 Å². The fourth-order valence-corrected chi connectivity index (χ4v) is 3.59. The predicted octanol–water partition coefficient (Wildman–Crippen LogP) is 1.42. The molecule has 2 saturated carbocycles. The molecule has 0 heterocycles. The molecule has 108 valence electrons. The Balaban J connectivity index is 1.80. The van der Waals surface area contributed by atoms with Crippen LogP contribution < -0.4 is 5.32 Å². The molecule has 4 unspecified atom stereocenters. The number of hydrogen-bond acceptors (Lipinski definition) is 3. The Morgan fingerprint density at radius 3 is 2.74 bits per heavy atom. The average Bonchev–Trinajstić information content (AvgIpc) is 2.95. The smallest absolute Gasteiger partial charge is 0.308 e. The normalized spacial score (nSPS) is 32.5. The summed E-state index contributed by atoms with van der Waals surface area (Å²) < 4.78 is 5.19. The second kappa shape index (κ2) is 6.37. The molecule has 4 atom stereocenters. The van der Waals surface area contributed by atoms with Crippen LogP contribution in [-0.2, 0) is 14.3 Å². The van der Waals surface area contributed by atoms with Gasteiger partial charge in [-0.2, -0.15) is 0 Å². The van der Waals surface area contributed by atoms with Crippen LogP contribution in [0.1, 0.15) is 39.0 Å². The van der Waals surface area contributed by atoms with Gasteiger partial charge in [0.1, 0.15) is 0 Å². The van der Waals surface area contributed by atoms with Crippen LogP contribution in [0.5, 0.6) is 0 Å². The third-order valence-corrected chi connectivity index (χ3v) is 4.43. The van der Waals surface area contributed by atoms with E-state index in [1.54, 1.807) is 0 Å². The summed E-state index contributed by atoms with van der Waals surface area (Å²) in [5, 5.41) is 12.2. The van der Waals surface area contributed by atoms with Gasteiger partial charge in [-0.05, 0) is 44.4 Å². The molecule has 2 N–H and O–H groups in total. The molecule has 0 aromatic heterocycles. The van der Waals surface area contributed by atoms with Gasteiger partial charge in [0.05, 0.1) is 5.92 Å². The molecule has 2 bridgehead atoms. The third-order valence-electron chi connectivity index (χ3n) is 4.43. The summed E-state index contributed by atoms with van der Waals surface area (Å²) in [7, 11) is 0. The van der Waals surface area contributed by atoms with E-state index in [0.717, 1.165) is 19.3 Å². The van der Waals surface area contributed by atoms with Crippen molar-refractivity contribution in [2.75, 3.05) is 13.2 Å². The molecular weight excluding hydrogens is 246 g/mol. The lowest BCUT2D eigenvalue weighted by Crippen LogP contribution is -2.46. The zero-order valence-corrected chi connectivity index (χ0v) is 11.4. The van der Waals surface area contributed by atoms with E-state index in [2.05, 4.69) is 5.32 Å². The van der Waals surface area contributed by atoms with Crippen LogP contribution in [0.4, 0.5) is 0 Å². The summed E-state index contributed by atoms with van der Waals surface area (Å²) in [6.45, 7) is 3.17. The van der Waals surface area contributed by atoms with Crippen LogP contribution in [0.2, 0.25) is 0 Å². The molecular formula is C14H23NO4. The van der Waals surface area contributed by atoms with Gasteiger partial charge in [-0.15, -0.1) is 0 Å². The molecule has 5 heteroatoms. The lowest BCUT2D eigenvalue weighted by Gasteiger charge is -2.28. The van der Waals surface area contributed by atoms with Gasteiger partial charge in [0.2, 0.25) is 5.91 Å². The number of ether oxygens (including phenoxy) is 1. The number of carboxylic acids is 1. The molecule has 2 rings (SSSR count). The summed E-state index contributed by atoms with van der Waals surface area (Å²) in [5.41, 5.74) is 0. The Morgan fingerprint density at radius 2 is 2.05 bits per heavy atom. The van der Waals surface area contributed by atoms with Crippen molar-refractivity contribution in [3.8, 4) is 0 Å². The molecule has 19 heavy (non-hydrogen) atoms. The monoisotopic (exact) mass is 269 g/mol. The predicted molar refractivity (Wildman–Crippen MR) is 69.6 cm³/mol. The zero-order valence-electron chi connectivity index (χ0n) is 11.4. The lowest BCUT2D eigenvalue weighted by atomic mass is 9.84. The first-order chi connectivity index (χ1) is 9.13. The Hall–Kier alpha value is -1.10. The number of carbonyl (C=O) groups is 2. The molecule has 5 nitrogen and oxygen atoms in total. The van der Waals surface area contributed by atoms with E-state index in [1.807, 2.05) is 6.92 Å².